The smallest absolute Gasteiger partial charge is 0.0857 e. The molecule has 0 fully saturated rings. The summed E-state index contributed by atoms with van der Waals surface area (Å²) < 4.78 is 1.98. The Morgan fingerprint density at radius 1 is 0.293 bits per heavy atom. The van der Waals surface area contributed by atoms with Crippen molar-refractivity contribution in [2.75, 3.05) is 0 Å². The summed E-state index contributed by atoms with van der Waals surface area (Å²) in [6.45, 7) is 27.5. The first-order valence-corrected chi connectivity index (χ1v) is 29.5. The minimum Gasteiger partial charge on any atom is -0.354 e. The van der Waals surface area contributed by atoms with Crippen LogP contribution in [0.25, 0.3) is 90.9 Å². The molecule has 410 valence electrons. The fourth-order valence-corrected chi connectivity index (χ4v) is 10.9. The second kappa shape index (κ2) is 21.8. The highest BCUT2D eigenvalue weighted by molar-refractivity contribution is 9.10. The normalized spacial score (nSPS) is 13.0. The monoisotopic (exact) mass is 1200 g/mol. The number of azo groups is 2. The molecule has 0 saturated heterocycles. The molecule has 6 aromatic carbocycles. The number of halogens is 2. The summed E-state index contributed by atoms with van der Waals surface area (Å²) in [5.74, 6) is 0. The highest BCUT2D eigenvalue weighted by Crippen LogP contribution is 2.43. The number of aromatic nitrogens is 4. The van der Waals surface area contributed by atoms with Gasteiger partial charge in [-0.05, 0) is 188 Å². The summed E-state index contributed by atoms with van der Waals surface area (Å²) in [7, 11) is 0. The van der Waals surface area contributed by atoms with E-state index in [4.69, 9.17) is 9.97 Å². The molecule has 3 aromatic heterocycles. The van der Waals surface area contributed by atoms with Gasteiger partial charge in [-0.25, -0.2) is 9.97 Å². The summed E-state index contributed by atoms with van der Waals surface area (Å²) in [4.78, 5) is 19.4. The number of fused-ring (bicyclic) bond motifs is 8. The largest absolute Gasteiger partial charge is 0.354 e. The van der Waals surface area contributed by atoms with Crippen LogP contribution in [0.15, 0.2) is 187 Å². The van der Waals surface area contributed by atoms with Crippen LogP contribution in [0.1, 0.15) is 128 Å². The van der Waals surface area contributed by atoms with Crippen LogP contribution < -0.4 is 0 Å². The van der Waals surface area contributed by atoms with Crippen molar-refractivity contribution in [3.05, 3.63) is 212 Å². The Bertz CT molecular complexity index is 3890. The Hall–Kier alpha value is -7.92. The van der Waals surface area contributed by atoms with E-state index in [9.17, 15) is 0 Å². The van der Waals surface area contributed by atoms with Crippen LogP contribution >= 0.6 is 31.9 Å². The van der Waals surface area contributed by atoms with Gasteiger partial charge in [0.1, 0.15) is 0 Å². The molecule has 0 amide bonds. The van der Waals surface area contributed by atoms with E-state index in [0.717, 1.165) is 121 Å². The van der Waals surface area contributed by atoms with Crippen LogP contribution in [0.5, 0.6) is 0 Å². The molecule has 2 aliphatic heterocycles. The third kappa shape index (κ3) is 12.0. The molecule has 11 rings (SSSR count). The van der Waals surface area contributed by atoms with Crippen LogP contribution in [0.4, 0.5) is 22.7 Å². The first-order chi connectivity index (χ1) is 38.9. The van der Waals surface area contributed by atoms with Gasteiger partial charge in [0.2, 0.25) is 0 Å². The SMILES string of the molecule is CC(C)(C)c1cc(-c2c3nc(c(-c4ccc(N=Nc5ccc(Br)cc5)cc4)c4ccc([nH]4)c(-c4ccc(N=Nc5ccc(Br)cc5)cc4)c4nc(c(-c5cc(C(C)(C)C)cc(C(C)(C)C)c5)c5ccc2[nH]5)C=C4)C=C3)cc(C(C)(C)C)c1. The predicted octanol–water partition coefficient (Wildman–Crippen LogP) is 22.9. The number of H-pyrrole nitrogens is 2. The zero-order valence-electron chi connectivity index (χ0n) is 48.8. The molecule has 82 heavy (non-hydrogen) atoms. The lowest BCUT2D eigenvalue weighted by Gasteiger charge is -2.26. The van der Waals surface area contributed by atoms with E-state index in [1.807, 2.05) is 72.8 Å². The van der Waals surface area contributed by atoms with E-state index in [-0.39, 0.29) is 21.7 Å². The molecule has 2 N–H and O–H groups in total. The Balaban J connectivity index is 1.23. The van der Waals surface area contributed by atoms with Crippen molar-refractivity contribution in [2.45, 2.75) is 105 Å². The van der Waals surface area contributed by atoms with Crippen molar-refractivity contribution < 1.29 is 0 Å². The summed E-state index contributed by atoms with van der Waals surface area (Å²) in [6.07, 6.45) is 8.68. The van der Waals surface area contributed by atoms with Crippen molar-refractivity contribution in [1.29, 1.82) is 0 Å². The molecule has 9 aromatic rings. The molecular formula is C72H68Br2N8. The molecular weight excluding hydrogens is 1140 g/mol. The fourth-order valence-electron chi connectivity index (χ4n) is 10.3. The van der Waals surface area contributed by atoms with Crippen LogP contribution in [-0.2, 0) is 21.7 Å². The highest BCUT2D eigenvalue weighted by atomic mass is 79.9. The lowest BCUT2D eigenvalue weighted by Crippen LogP contribution is -2.16. The molecule has 0 aliphatic carbocycles. The second-order valence-corrected chi connectivity index (χ2v) is 27.4. The zero-order valence-corrected chi connectivity index (χ0v) is 51.9. The third-order valence-electron chi connectivity index (χ3n) is 15.2. The van der Waals surface area contributed by atoms with Gasteiger partial charge < -0.3 is 9.97 Å². The Kier molecular flexibility index (Phi) is 14.9. The maximum Gasteiger partial charge on any atom is 0.0857 e. The molecule has 0 spiro atoms. The fraction of sp³-hybridized carbons (Fsp3) is 0.222. The van der Waals surface area contributed by atoms with Crippen LogP contribution in [-0.4, -0.2) is 19.9 Å². The van der Waals surface area contributed by atoms with E-state index >= 15 is 0 Å². The van der Waals surface area contributed by atoms with Crippen molar-refractivity contribution in [3.8, 4) is 44.5 Å². The van der Waals surface area contributed by atoms with E-state index in [1.54, 1.807) is 0 Å². The van der Waals surface area contributed by atoms with Crippen LogP contribution in [0, 0.1) is 0 Å². The number of hydrogen-bond donors (Lipinski definition) is 2. The molecule has 0 atom stereocenters. The highest BCUT2D eigenvalue weighted by Gasteiger charge is 2.26. The van der Waals surface area contributed by atoms with Gasteiger partial charge in [0.15, 0.2) is 0 Å². The summed E-state index contributed by atoms with van der Waals surface area (Å²) >= 11 is 7.06. The maximum atomic E-state index is 5.70. The first kappa shape index (κ1) is 56.0. The summed E-state index contributed by atoms with van der Waals surface area (Å²) in [6, 6.07) is 55.1. The van der Waals surface area contributed by atoms with E-state index in [2.05, 4.69) is 255 Å². The van der Waals surface area contributed by atoms with Crippen molar-refractivity contribution in [1.82, 2.24) is 19.9 Å². The third-order valence-corrected chi connectivity index (χ3v) is 16.2. The van der Waals surface area contributed by atoms with Crippen molar-refractivity contribution >= 4 is 101 Å². The van der Waals surface area contributed by atoms with Crippen LogP contribution in [0.2, 0.25) is 0 Å². The lowest BCUT2D eigenvalue weighted by atomic mass is 9.79. The Labute approximate surface area is 499 Å². The average Bonchev–Trinajstić information content (AvgIpc) is 4.16. The quantitative estimate of drug-likeness (QED) is 0.148. The van der Waals surface area contributed by atoms with Gasteiger partial charge in [0, 0.05) is 53.3 Å². The minimum atomic E-state index is -0.120. The molecule has 10 heteroatoms. The van der Waals surface area contributed by atoms with Gasteiger partial charge in [-0.15, -0.1) is 0 Å². The first-order valence-electron chi connectivity index (χ1n) is 28.0. The number of benzene rings is 6. The maximum absolute atomic E-state index is 5.70. The Morgan fingerprint density at radius 2 is 0.524 bits per heavy atom. The number of hydrogen-bond acceptors (Lipinski definition) is 6. The average molecular weight is 1210 g/mol. The molecule has 0 saturated carbocycles. The Morgan fingerprint density at radius 3 is 0.768 bits per heavy atom. The molecule has 2 aliphatic rings. The standard InChI is InChI=1S/C72H68Br2N8/c1-69(2,3)47-37-45(38-48(41-47)70(4,5)6)67-61-33-31-59(76-61)65(43-13-21-53(22-14-43)79-81-55-25-17-51(73)18-26-55)57-29-30-58(75-57)66(44-15-23-54(24-16-44)80-82-56-27-19-52(74)20-28-56)60-32-34-62(77-60)68(64-36-35-63(67)78-64)46-39-49(71(7,8)9)42-50(40-46)72(10,11)12/h13-42,75,78H,1-12H3. The topological polar surface area (TPSA) is 107 Å². The zero-order chi connectivity index (χ0) is 57.9. The van der Waals surface area contributed by atoms with Gasteiger partial charge in [0.25, 0.3) is 0 Å². The molecule has 8 bridgehead atoms. The second-order valence-electron chi connectivity index (χ2n) is 25.5. The molecule has 5 heterocycles. The van der Waals surface area contributed by atoms with Gasteiger partial charge in [0.05, 0.1) is 45.5 Å². The molecule has 8 nitrogen and oxygen atoms in total. The van der Waals surface area contributed by atoms with E-state index < -0.39 is 0 Å². The van der Waals surface area contributed by atoms with Gasteiger partial charge in [-0.3, -0.25) is 0 Å². The van der Waals surface area contributed by atoms with E-state index in [0.29, 0.717) is 0 Å². The van der Waals surface area contributed by atoms with E-state index in [1.165, 1.54) is 22.3 Å². The number of nitrogens with zero attached hydrogens (tertiary/aromatic N) is 6. The summed E-state index contributed by atoms with van der Waals surface area (Å²) in [5.41, 5.74) is 22.7. The number of rotatable bonds is 8. The number of aromatic amines is 2. The predicted molar refractivity (Wildman–Crippen MR) is 352 cm³/mol. The molecule has 0 unspecified atom stereocenters. The van der Waals surface area contributed by atoms with Crippen LogP contribution in [0.3, 0.4) is 0 Å². The van der Waals surface area contributed by atoms with Crippen molar-refractivity contribution in [3.63, 3.8) is 0 Å². The summed E-state index contributed by atoms with van der Waals surface area (Å²) in [5, 5.41) is 18.3. The molecule has 0 radical (unpaired) electrons. The minimum absolute atomic E-state index is 0.120. The van der Waals surface area contributed by atoms with Gasteiger partial charge >= 0.3 is 0 Å². The van der Waals surface area contributed by atoms with Crippen molar-refractivity contribution in [2.24, 2.45) is 20.5 Å². The van der Waals surface area contributed by atoms with Gasteiger partial charge in [-0.2, -0.15) is 20.5 Å². The lowest BCUT2D eigenvalue weighted by molar-refractivity contribution is 0.568. The number of nitrogens with one attached hydrogen (secondary N) is 2. The van der Waals surface area contributed by atoms with Gasteiger partial charge in [-0.1, -0.05) is 176 Å².